The number of aromatic nitrogens is 3. The highest BCUT2D eigenvalue weighted by Gasteiger charge is 2.14. The van der Waals surface area contributed by atoms with Gasteiger partial charge >= 0.3 is 0 Å². The lowest BCUT2D eigenvalue weighted by molar-refractivity contribution is 0.828. The summed E-state index contributed by atoms with van der Waals surface area (Å²) in [7, 11) is 0. The number of anilines is 1. The summed E-state index contributed by atoms with van der Waals surface area (Å²) in [5.41, 5.74) is 2.54. The number of hydrogen-bond acceptors (Lipinski definition) is 4. The smallest absolute Gasteiger partial charge is 0.226 e. The van der Waals surface area contributed by atoms with Crippen LogP contribution in [-0.2, 0) is 0 Å². The summed E-state index contributed by atoms with van der Waals surface area (Å²) in [5.74, 6) is 2.34. The molecule has 0 fully saturated rings. The van der Waals surface area contributed by atoms with Crippen molar-refractivity contribution >= 4 is 5.95 Å². The van der Waals surface area contributed by atoms with Gasteiger partial charge in [-0.3, -0.25) is 0 Å². The van der Waals surface area contributed by atoms with Gasteiger partial charge in [0.15, 0.2) is 0 Å². The minimum absolute atomic E-state index is 0.245. The van der Waals surface area contributed by atoms with Gasteiger partial charge in [0.05, 0.1) is 0 Å². The molecule has 0 aliphatic heterocycles. The molecule has 1 heterocycles. The number of aryl methyl sites for hydroxylation is 2. The molecule has 0 amide bonds. The summed E-state index contributed by atoms with van der Waals surface area (Å²) in [6.07, 6.45) is 0. The van der Waals surface area contributed by atoms with Crippen molar-refractivity contribution in [2.24, 2.45) is 0 Å². The Morgan fingerprint density at radius 3 is 1.70 bits per heavy atom. The largest absolute Gasteiger partial charge is 0.353 e. The van der Waals surface area contributed by atoms with Crippen molar-refractivity contribution in [1.29, 1.82) is 0 Å². The monoisotopic (exact) mass is 304 g/mol. The first-order valence-electron chi connectivity index (χ1n) is 7.75. The van der Waals surface area contributed by atoms with Crippen LogP contribution in [0.1, 0.15) is 28.7 Å². The van der Waals surface area contributed by atoms with E-state index in [1.165, 1.54) is 11.1 Å². The maximum Gasteiger partial charge on any atom is 0.226 e. The molecule has 2 aromatic carbocycles. The molecular formula is C19H20N4. The molecule has 23 heavy (non-hydrogen) atoms. The SMILES string of the molecule is Cc1nc(C)nc(NCC(c2ccccc2)c2ccccc2)n1. The summed E-state index contributed by atoms with van der Waals surface area (Å²) in [5, 5.41) is 3.36. The predicted octanol–water partition coefficient (Wildman–Crippen LogP) is 3.73. The Morgan fingerprint density at radius 2 is 1.22 bits per heavy atom. The molecule has 0 saturated heterocycles. The molecule has 3 aromatic rings. The predicted molar refractivity (Wildman–Crippen MR) is 92.5 cm³/mol. The average molecular weight is 304 g/mol. The lowest BCUT2D eigenvalue weighted by atomic mass is 9.91. The van der Waals surface area contributed by atoms with Crippen LogP contribution in [0.5, 0.6) is 0 Å². The van der Waals surface area contributed by atoms with Crippen LogP contribution in [0.3, 0.4) is 0 Å². The minimum atomic E-state index is 0.245. The number of benzene rings is 2. The first-order chi connectivity index (χ1) is 11.2. The van der Waals surface area contributed by atoms with Gasteiger partial charge in [0, 0.05) is 12.5 Å². The van der Waals surface area contributed by atoms with E-state index >= 15 is 0 Å². The Bertz CT molecular complexity index is 697. The highest BCUT2D eigenvalue weighted by molar-refractivity contribution is 5.36. The fourth-order valence-corrected chi connectivity index (χ4v) is 2.69. The van der Waals surface area contributed by atoms with E-state index in [1.807, 2.05) is 26.0 Å². The Labute approximate surface area is 136 Å². The summed E-state index contributed by atoms with van der Waals surface area (Å²) in [4.78, 5) is 12.9. The molecule has 0 unspecified atom stereocenters. The van der Waals surface area contributed by atoms with Crippen LogP contribution in [0.4, 0.5) is 5.95 Å². The standard InChI is InChI=1S/C19H20N4/c1-14-21-15(2)23-19(22-14)20-13-18(16-9-5-3-6-10-16)17-11-7-4-8-12-17/h3-12,18H,13H2,1-2H3,(H,20,21,22,23). The molecular weight excluding hydrogens is 284 g/mol. The van der Waals surface area contributed by atoms with Gasteiger partial charge in [0.25, 0.3) is 0 Å². The Morgan fingerprint density at radius 1 is 0.739 bits per heavy atom. The van der Waals surface area contributed by atoms with Crippen LogP contribution >= 0.6 is 0 Å². The maximum absolute atomic E-state index is 4.36. The van der Waals surface area contributed by atoms with Crippen LogP contribution in [0.25, 0.3) is 0 Å². The van der Waals surface area contributed by atoms with E-state index in [1.54, 1.807) is 0 Å². The normalized spacial score (nSPS) is 10.7. The second-order valence-electron chi connectivity index (χ2n) is 5.51. The molecule has 4 heteroatoms. The molecule has 0 bridgehead atoms. The zero-order chi connectivity index (χ0) is 16.1. The van der Waals surface area contributed by atoms with Crippen molar-refractivity contribution in [3.8, 4) is 0 Å². The quantitative estimate of drug-likeness (QED) is 0.780. The zero-order valence-corrected chi connectivity index (χ0v) is 13.4. The van der Waals surface area contributed by atoms with Crippen molar-refractivity contribution < 1.29 is 0 Å². The van der Waals surface area contributed by atoms with Crippen molar-refractivity contribution in [2.75, 3.05) is 11.9 Å². The Kier molecular flexibility index (Phi) is 4.62. The molecule has 0 aliphatic rings. The van der Waals surface area contributed by atoms with Gasteiger partial charge in [-0.1, -0.05) is 60.7 Å². The Balaban J connectivity index is 1.85. The third-order valence-electron chi connectivity index (χ3n) is 3.73. The number of nitrogens with zero attached hydrogens (tertiary/aromatic N) is 3. The topological polar surface area (TPSA) is 50.7 Å². The van der Waals surface area contributed by atoms with Crippen LogP contribution in [0.2, 0.25) is 0 Å². The van der Waals surface area contributed by atoms with Crippen molar-refractivity contribution in [1.82, 2.24) is 15.0 Å². The zero-order valence-electron chi connectivity index (χ0n) is 13.4. The first-order valence-corrected chi connectivity index (χ1v) is 7.75. The maximum atomic E-state index is 4.36. The summed E-state index contributed by atoms with van der Waals surface area (Å²) in [6, 6.07) is 21.0. The van der Waals surface area contributed by atoms with E-state index in [0.717, 1.165) is 18.2 Å². The second-order valence-corrected chi connectivity index (χ2v) is 5.51. The van der Waals surface area contributed by atoms with Gasteiger partial charge in [0.2, 0.25) is 5.95 Å². The third kappa shape index (κ3) is 3.92. The van der Waals surface area contributed by atoms with Gasteiger partial charge in [-0.15, -0.1) is 0 Å². The highest BCUT2D eigenvalue weighted by Crippen LogP contribution is 2.24. The molecule has 0 spiro atoms. The molecule has 0 aliphatic carbocycles. The number of hydrogen-bond donors (Lipinski definition) is 1. The molecule has 0 radical (unpaired) electrons. The van der Waals surface area contributed by atoms with Crippen LogP contribution in [0.15, 0.2) is 60.7 Å². The van der Waals surface area contributed by atoms with E-state index in [9.17, 15) is 0 Å². The van der Waals surface area contributed by atoms with Gasteiger partial charge in [0.1, 0.15) is 11.6 Å². The lowest BCUT2D eigenvalue weighted by Crippen LogP contribution is -2.16. The van der Waals surface area contributed by atoms with E-state index in [4.69, 9.17) is 0 Å². The van der Waals surface area contributed by atoms with Crippen molar-refractivity contribution in [3.63, 3.8) is 0 Å². The Hall–Kier alpha value is -2.75. The summed E-state index contributed by atoms with van der Waals surface area (Å²) < 4.78 is 0. The van der Waals surface area contributed by atoms with E-state index in [2.05, 4.69) is 68.8 Å². The molecule has 116 valence electrons. The van der Waals surface area contributed by atoms with Crippen molar-refractivity contribution in [3.05, 3.63) is 83.4 Å². The van der Waals surface area contributed by atoms with Crippen molar-refractivity contribution in [2.45, 2.75) is 19.8 Å². The highest BCUT2D eigenvalue weighted by atomic mass is 15.1. The summed E-state index contributed by atoms with van der Waals surface area (Å²) in [6.45, 7) is 4.49. The number of rotatable bonds is 5. The lowest BCUT2D eigenvalue weighted by Gasteiger charge is -2.19. The molecule has 3 rings (SSSR count). The van der Waals surface area contributed by atoms with Gasteiger partial charge in [-0.25, -0.2) is 4.98 Å². The van der Waals surface area contributed by atoms with E-state index < -0.39 is 0 Å². The first kappa shape index (κ1) is 15.2. The van der Waals surface area contributed by atoms with E-state index in [-0.39, 0.29) is 5.92 Å². The molecule has 0 saturated carbocycles. The average Bonchev–Trinajstić information content (AvgIpc) is 2.56. The van der Waals surface area contributed by atoms with E-state index in [0.29, 0.717) is 5.95 Å². The number of nitrogens with one attached hydrogen (secondary N) is 1. The van der Waals surface area contributed by atoms with Crippen LogP contribution < -0.4 is 5.32 Å². The van der Waals surface area contributed by atoms with Gasteiger partial charge < -0.3 is 5.32 Å². The molecule has 4 nitrogen and oxygen atoms in total. The van der Waals surface area contributed by atoms with Gasteiger partial charge in [-0.05, 0) is 25.0 Å². The van der Waals surface area contributed by atoms with Gasteiger partial charge in [-0.2, -0.15) is 9.97 Å². The molecule has 1 N–H and O–H groups in total. The second kappa shape index (κ2) is 7.01. The molecule has 0 atom stereocenters. The summed E-state index contributed by atoms with van der Waals surface area (Å²) >= 11 is 0. The van der Waals surface area contributed by atoms with Crippen LogP contribution in [-0.4, -0.2) is 21.5 Å². The molecule has 1 aromatic heterocycles. The fourth-order valence-electron chi connectivity index (χ4n) is 2.69. The van der Waals surface area contributed by atoms with Crippen LogP contribution in [0, 0.1) is 13.8 Å². The minimum Gasteiger partial charge on any atom is -0.353 e. The third-order valence-corrected chi connectivity index (χ3v) is 3.73. The fraction of sp³-hybridized carbons (Fsp3) is 0.211.